The first-order valence-corrected chi connectivity index (χ1v) is 8.04. The third-order valence-corrected chi connectivity index (χ3v) is 3.30. The van der Waals surface area contributed by atoms with Gasteiger partial charge in [0.05, 0.1) is 18.8 Å². The van der Waals surface area contributed by atoms with E-state index in [1.807, 2.05) is 0 Å². The van der Waals surface area contributed by atoms with E-state index >= 15 is 0 Å². The lowest BCUT2D eigenvalue weighted by atomic mass is 10.2. The molecule has 0 spiro atoms. The van der Waals surface area contributed by atoms with Gasteiger partial charge in [0.15, 0.2) is 11.6 Å². The SMILES string of the molecule is CCOC(=O)c1cccc(NC(=O)CCCOc2ccccc2F)c1. The second-order valence-electron chi connectivity index (χ2n) is 5.23. The highest BCUT2D eigenvalue weighted by Gasteiger charge is 2.09. The fourth-order valence-electron chi connectivity index (χ4n) is 2.14. The molecular weight excluding hydrogens is 325 g/mol. The van der Waals surface area contributed by atoms with E-state index in [4.69, 9.17) is 9.47 Å². The molecule has 0 aliphatic heterocycles. The third-order valence-electron chi connectivity index (χ3n) is 3.30. The largest absolute Gasteiger partial charge is 0.491 e. The van der Waals surface area contributed by atoms with Crippen LogP contribution in [0.1, 0.15) is 30.1 Å². The van der Waals surface area contributed by atoms with Crippen molar-refractivity contribution in [3.63, 3.8) is 0 Å². The van der Waals surface area contributed by atoms with Crippen molar-refractivity contribution in [1.82, 2.24) is 0 Å². The average molecular weight is 345 g/mol. The van der Waals surface area contributed by atoms with Crippen molar-refractivity contribution in [3.05, 3.63) is 59.9 Å². The molecule has 0 atom stereocenters. The summed E-state index contributed by atoms with van der Waals surface area (Å²) in [5, 5.41) is 2.71. The predicted molar refractivity (Wildman–Crippen MR) is 92.2 cm³/mol. The zero-order chi connectivity index (χ0) is 18.1. The van der Waals surface area contributed by atoms with Crippen LogP contribution in [0.3, 0.4) is 0 Å². The molecule has 132 valence electrons. The van der Waals surface area contributed by atoms with Gasteiger partial charge >= 0.3 is 5.97 Å². The molecule has 0 heterocycles. The second-order valence-corrected chi connectivity index (χ2v) is 5.23. The molecule has 0 radical (unpaired) electrons. The molecule has 1 N–H and O–H groups in total. The first kappa shape index (κ1) is 18.4. The van der Waals surface area contributed by atoms with Crippen LogP contribution in [0.4, 0.5) is 10.1 Å². The van der Waals surface area contributed by atoms with Crippen molar-refractivity contribution < 1.29 is 23.5 Å². The number of benzene rings is 2. The Morgan fingerprint density at radius 3 is 2.68 bits per heavy atom. The summed E-state index contributed by atoms with van der Waals surface area (Å²) in [6.45, 7) is 2.25. The number of esters is 1. The molecule has 0 aliphatic rings. The number of hydrogen-bond donors (Lipinski definition) is 1. The van der Waals surface area contributed by atoms with Gasteiger partial charge in [0.25, 0.3) is 0 Å². The van der Waals surface area contributed by atoms with Crippen molar-refractivity contribution in [3.8, 4) is 5.75 Å². The second kappa shape index (κ2) is 9.42. The van der Waals surface area contributed by atoms with E-state index in [0.29, 0.717) is 17.7 Å². The number of hydrogen-bond acceptors (Lipinski definition) is 4. The number of para-hydroxylation sites is 1. The Kier molecular flexibility index (Phi) is 6.95. The minimum atomic E-state index is -0.433. The van der Waals surface area contributed by atoms with Gasteiger partial charge < -0.3 is 14.8 Å². The van der Waals surface area contributed by atoms with Crippen molar-refractivity contribution in [2.45, 2.75) is 19.8 Å². The van der Waals surface area contributed by atoms with Gasteiger partial charge in [-0.15, -0.1) is 0 Å². The first-order chi connectivity index (χ1) is 12.1. The lowest BCUT2D eigenvalue weighted by molar-refractivity contribution is -0.116. The average Bonchev–Trinajstić information content (AvgIpc) is 2.60. The summed E-state index contributed by atoms with van der Waals surface area (Å²) >= 11 is 0. The number of rotatable bonds is 8. The van der Waals surface area contributed by atoms with Crippen molar-refractivity contribution >= 4 is 17.6 Å². The smallest absolute Gasteiger partial charge is 0.338 e. The fourth-order valence-corrected chi connectivity index (χ4v) is 2.14. The Balaban J connectivity index is 1.77. The van der Waals surface area contributed by atoms with Crippen LogP contribution < -0.4 is 10.1 Å². The van der Waals surface area contributed by atoms with Crippen LogP contribution in [0.5, 0.6) is 5.75 Å². The van der Waals surface area contributed by atoms with Crippen molar-refractivity contribution in [2.24, 2.45) is 0 Å². The number of anilines is 1. The summed E-state index contributed by atoms with van der Waals surface area (Å²) < 4.78 is 23.6. The van der Waals surface area contributed by atoms with E-state index in [1.165, 1.54) is 12.1 Å². The quantitative estimate of drug-likeness (QED) is 0.584. The maximum Gasteiger partial charge on any atom is 0.338 e. The molecule has 0 saturated carbocycles. The van der Waals surface area contributed by atoms with E-state index < -0.39 is 11.8 Å². The van der Waals surface area contributed by atoms with Gasteiger partial charge in [0.1, 0.15) is 0 Å². The molecule has 2 aromatic carbocycles. The number of carbonyl (C=O) groups excluding carboxylic acids is 2. The maximum absolute atomic E-state index is 13.4. The molecule has 2 aromatic rings. The molecule has 25 heavy (non-hydrogen) atoms. The molecule has 0 fully saturated rings. The highest BCUT2D eigenvalue weighted by atomic mass is 19.1. The number of halogens is 1. The van der Waals surface area contributed by atoms with Crippen LogP contribution in [0.25, 0.3) is 0 Å². The van der Waals surface area contributed by atoms with Crippen molar-refractivity contribution in [1.29, 1.82) is 0 Å². The number of amides is 1. The number of carbonyl (C=O) groups is 2. The zero-order valence-electron chi connectivity index (χ0n) is 14.0. The molecule has 6 heteroatoms. The van der Waals surface area contributed by atoms with Crippen LogP contribution in [0.15, 0.2) is 48.5 Å². The van der Waals surface area contributed by atoms with Crippen molar-refractivity contribution in [2.75, 3.05) is 18.5 Å². The summed E-state index contributed by atoms with van der Waals surface area (Å²) in [5.41, 5.74) is 0.896. The molecule has 0 saturated heterocycles. The van der Waals surface area contributed by atoms with Gasteiger partial charge in [-0.25, -0.2) is 9.18 Å². The predicted octanol–water partition coefficient (Wildman–Crippen LogP) is 3.80. The standard InChI is InChI=1S/C19H20FNO4/c1-2-24-19(23)14-7-5-8-15(13-14)21-18(22)11-6-12-25-17-10-4-3-9-16(17)20/h3-5,7-10,13H,2,6,11-12H2,1H3,(H,21,22). The number of nitrogens with one attached hydrogen (secondary N) is 1. The first-order valence-electron chi connectivity index (χ1n) is 8.04. The summed E-state index contributed by atoms with van der Waals surface area (Å²) in [6.07, 6.45) is 0.663. The molecule has 0 unspecified atom stereocenters. The van der Waals surface area contributed by atoms with Gasteiger partial charge in [0.2, 0.25) is 5.91 Å². The summed E-state index contributed by atoms with van der Waals surface area (Å²) in [6, 6.07) is 12.7. The van der Waals surface area contributed by atoms with Crippen LogP contribution in [-0.4, -0.2) is 25.1 Å². The van der Waals surface area contributed by atoms with E-state index in [0.717, 1.165) is 0 Å². The Labute approximate surface area is 145 Å². The van der Waals surface area contributed by atoms with Crippen LogP contribution in [0, 0.1) is 5.82 Å². The van der Waals surface area contributed by atoms with E-state index in [-0.39, 0.29) is 31.3 Å². The Bertz CT molecular complexity index is 733. The summed E-state index contributed by atoms with van der Waals surface area (Å²) in [4.78, 5) is 23.6. The lowest BCUT2D eigenvalue weighted by Gasteiger charge is -2.08. The summed E-state index contributed by atoms with van der Waals surface area (Å²) in [7, 11) is 0. The summed E-state index contributed by atoms with van der Waals surface area (Å²) in [5.74, 6) is -0.900. The van der Waals surface area contributed by atoms with Gasteiger partial charge in [-0.3, -0.25) is 4.79 Å². The third kappa shape index (κ3) is 5.91. The fraction of sp³-hybridized carbons (Fsp3) is 0.263. The molecule has 0 aromatic heterocycles. The Morgan fingerprint density at radius 2 is 1.92 bits per heavy atom. The van der Waals surface area contributed by atoms with Crippen LogP contribution in [-0.2, 0) is 9.53 Å². The molecule has 2 rings (SSSR count). The van der Waals surface area contributed by atoms with E-state index in [1.54, 1.807) is 43.3 Å². The van der Waals surface area contributed by atoms with Gasteiger partial charge in [-0.1, -0.05) is 18.2 Å². The molecule has 0 aliphatic carbocycles. The Hall–Kier alpha value is -2.89. The van der Waals surface area contributed by atoms with Gasteiger partial charge in [-0.05, 0) is 43.7 Å². The van der Waals surface area contributed by atoms with Gasteiger partial charge in [-0.2, -0.15) is 0 Å². The highest BCUT2D eigenvalue weighted by molar-refractivity contribution is 5.94. The maximum atomic E-state index is 13.4. The minimum Gasteiger partial charge on any atom is -0.491 e. The molecule has 5 nitrogen and oxygen atoms in total. The van der Waals surface area contributed by atoms with Crippen LogP contribution in [0.2, 0.25) is 0 Å². The lowest BCUT2D eigenvalue weighted by Crippen LogP contribution is -2.13. The zero-order valence-corrected chi connectivity index (χ0v) is 14.0. The molecular formula is C19H20FNO4. The minimum absolute atomic E-state index is 0.171. The molecule has 0 bridgehead atoms. The highest BCUT2D eigenvalue weighted by Crippen LogP contribution is 2.16. The topological polar surface area (TPSA) is 64.6 Å². The normalized spacial score (nSPS) is 10.2. The molecule has 1 amide bonds. The Morgan fingerprint density at radius 1 is 1.12 bits per heavy atom. The monoisotopic (exact) mass is 345 g/mol. The van der Waals surface area contributed by atoms with Gasteiger partial charge in [0, 0.05) is 12.1 Å². The van der Waals surface area contributed by atoms with E-state index in [9.17, 15) is 14.0 Å². The number of ether oxygens (including phenoxy) is 2. The van der Waals surface area contributed by atoms with Crippen LogP contribution >= 0.6 is 0 Å². The van der Waals surface area contributed by atoms with E-state index in [2.05, 4.69) is 5.32 Å².